The van der Waals surface area contributed by atoms with Crippen LogP contribution < -0.4 is 0 Å². The molecular formula is C25H22O3S. The maximum absolute atomic E-state index is 13.6. The Bertz CT molecular complexity index is 1230. The molecule has 0 aliphatic carbocycles. The maximum Gasteiger partial charge on any atom is 0.162 e. The molecule has 3 aromatic rings. The smallest absolute Gasteiger partial charge is 0.162 e. The third-order valence-electron chi connectivity index (χ3n) is 7.41. The molecule has 6 rings (SSSR count). The van der Waals surface area contributed by atoms with Crippen molar-refractivity contribution in [1.82, 2.24) is 0 Å². The molecule has 0 N–H and O–H groups in total. The van der Waals surface area contributed by atoms with Crippen molar-refractivity contribution >= 4 is 9.84 Å². The van der Waals surface area contributed by atoms with Crippen LogP contribution in [-0.2, 0) is 25.8 Å². The molecule has 3 aliphatic heterocycles. The van der Waals surface area contributed by atoms with E-state index < -0.39 is 31.0 Å². The van der Waals surface area contributed by atoms with Gasteiger partial charge in [-0.15, -0.1) is 0 Å². The molecule has 0 aromatic heterocycles. The molecule has 0 amide bonds. The highest BCUT2D eigenvalue weighted by Crippen LogP contribution is 2.75. The van der Waals surface area contributed by atoms with Crippen LogP contribution in [0.2, 0.25) is 0 Å². The predicted molar refractivity (Wildman–Crippen MR) is 112 cm³/mol. The Morgan fingerprint density at radius 2 is 1.14 bits per heavy atom. The van der Waals surface area contributed by atoms with Crippen LogP contribution in [0.4, 0.5) is 0 Å². The molecule has 0 saturated carbocycles. The summed E-state index contributed by atoms with van der Waals surface area (Å²) in [4.78, 5) is 0. The van der Waals surface area contributed by atoms with Crippen LogP contribution in [-0.4, -0.2) is 18.4 Å². The van der Waals surface area contributed by atoms with Crippen molar-refractivity contribution in [2.24, 2.45) is 5.92 Å². The van der Waals surface area contributed by atoms with Gasteiger partial charge in [-0.1, -0.05) is 84.9 Å². The second-order valence-corrected chi connectivity index (χ2v) is 11.5. The molecule has 0 radical (unpaired) electrons. The number of benzene rings is 3. The molecule has 2 saturated heterocycles. The average molecular weight is 403 g/mol. The molecule has 2 bridgehead atoms. The largest absolute Gasteiger partial charge is 0.348 e. The van der Waals surface area contributed by atoms with Crippen LogP contribution >= 0.6 is 0 Å². The molecule has 29 heavy (non-hydrogen) atoms. The van der Waals surface area contributed by atoms with Crippen molar-refractivity contribution in [3.05, 3.63) is 107 Å². The zero-order valence-corrected chi connectivity index (χ0v) is 17.2. The summed E-state index contributed by atoms with van der Waals surface area (Å²) in [5.74, 6) is -0.155. The maximum atomic E-state index is 13.6. The Hall–Kier alpha value is -2.43. The number of fused-ring (bicyclic) bond motifs is 8. The molecule has 4 atom stereocenters. The van der Waals surface area contributed by atoms with Crippen molar-refractivity contribution in [2.75, 3.05) is 0 Å². The van der Waals surface area contributed by atoms with Gasteiger partial charge in [0.15, 0.2) is 9.84 Å². The fraction of sp³-hybridized carbons (Fsp3) is 0.280. The van der Waals surface area contributed by atoms with E-state index in [9.17, 15) is 8.42 Å². The molecule has 0 spiro atoms. The van der Waals surface area contributed by atoms with Gasteiger partial charge >= 0.3 is 0 Å². The van der Waals surface area contributed by atoms with Gasteiger partial charge in [-0.2, -0.15) is 0 Å². The molecule has 2 fully saturated rings. The first-order valence-corrected chi connectivity index (χ1v) is 11.6. The zero-order chi connectivity index (χ0) is 20.1. The molecule has 4 heteroatoms. The summed E-state index contributed by atoms with van der Waals surface area (Å²) >= 11 is 0. The van der Waals surface area contributed by atoms with E-state index in [1.807, 2.05) is 80.6 Å². The minimum Gasteiger partial charge on any atom is -0.348 e. The quantitative estimate of drug-likeness (QED) is 0.638. The van der Waals surface area contributed by atoms with E-state index in [2.05, 4.69) is 18.2 Å². The van der Waals surface area contributed by atoms with E-state index in [-0.39, 0.29) is 5.92 Å². The first-order chi connectivity index (χ1) is 13.9. The van der Waals surface area contributed by atoms with Gasteiger partial charge in [-0.05, 0) is 36.1 Å². The highest BCUT2D eigenvalue weighted by atomic mass is 32.2. The van der Waals surface area contributed by atoms with Gasteiger partial charge in [0.05, 0.1) is 4.75 Å². The number of rotatable bonds is 2. The fourth-order valence-electron chi connectivity index (χ4n) is 6.21. The molecule has 3 aromatic carbocycles. The van der Waals surface area contributed by atoms with Crippen LogP contribution in [0.1, 0.15) is 36.1 Å². The molecule has 3 heterocycles. The van der Waals surface area contributed by atoms with Gasteiger partial charge in [0.2, 0.25) is 0 Å². The molecular weight excluding hydrogens is 380 g/mol. The van der Waals surface area contributed by atoms with Gasteiger partial charge in [-0.3, -0.25) is 0 Å². The van der Waals surface area contributed by atoms with E-state index in [1.165, 1.54) is 0 Å². The van der Waals surface area contributed by atoms with Crippen molar-refractivity contribution in [3.8, 4) is 0 Å². The lowest BCUT2D eigenvalue weighted by Gasteiger charge is -2.56. The van der Waals surface area contributed by atoms with Crippen molar-refractivity contribution < 1.29 is 13.2 Å². The van der Waals surface area contributed by atoms with E-state index in [4.69, 9.17) is 4.74 Å². The van der Waals surface area contributed by atoms with Gasteiger partial charge in [0.1, 0.15) is 16.5 Å². The number of hydrogen-bond donors (Lipinski definition) is 0. The summed E-state index contributed by atoms with van der Waals surface area (Å²) in [6.45, 7) is 3.72. The normalized spacial score (nSPS) is 34.8. The third-order valence-corrected chi connectivity index (χ3v) is 10.4. The lowest BCUT2D eigenvalue weighted by molar-refractivity contribution is -0.0516. The monoisotopic (exact) mass is 402 g/mol. The summed E-state index contributed by atoms with van der Waals surface area (Å²) in [6, 6.07) is 28.2. The Morgan fingerprint density at radius 1 is 0.690 bits per heavy atom. The van der Waals surface area contributed by atoms with Gasteiger partial charge in [0, 0.05) is 5.92 Å². The zero-order valence-electron chi connectivity index (χ0n) is 16.4. The van der Waals surface area contributed by atoms with Crippen molar-refractivity contribution in [3.63, 3.8) is 0 Å². The van der Waals surface area contributed by atoms with Crippen LogP contribution in [0.5, 0.6) is 0 Å². The van der Waals surface area contributed by atoms with Crippen LogP contribution in [0, 0.1) is 5.92 Å². The van der Waals surface area contributed by atoms with Crippen LogP contribution in [0.3, 0.4) is 0 Å². The Morgan fingerprint density at radius 3 is 1.69 bits per heavy atom. The highest BCUT2D eigenvalue weighted by molar-refractivity contribution is 7.95. The second kappa shape index (κ2) is 5.18. The fourth-order valence-corrected chi connectivity index (χ4v) is 8.94. The summed E-state index contributed by atoms with van der Waals surface area (Å²) in [5.41, 5.74) is 2.27. The van der Waals surface area contributed by atoms with Gasteiger partial charge < -0.3 is 4.74 Å². The summed E-state index contributed by atoms with van der Waals surface area (Å²) < 4.78 is 33.5. The first kappa shape index (κ1) is 17.4. The molecule has 3 nitrogen and oxygen atoms in total. The number of sulfone groups is 1. The lowest BCUT2D eigenvalue weighted by atomic mass is 9.61. The predicted octanol–water partition coefficient (Wildman–Crippen LogP) is 4.41. The van der Waals surface area contributed by atoms with E-state index in [0.717, 1.165) is 22.3 Å². The third kappa shape index (κ3) is 1.69. The minimum absolute atomic E-state index is 0.155. The van der Waals surface area contributed by atoms with Gasteiger partial charge in [0.25, 0.3) is 0 Å². The lowest BCUT2D eigenvalue weighted by Crippen LogP contribution is -2.70. The Kier molecular flexibility index (Phi) is 3.12. The first-order valence-electron chi connectivity index (χ1n) is 10.0. The van der Waals surface area contributed by atoms with Crippen LogP contribution in [0.15, 0.2) is 84.9 Å². The average Bonchev–Trinajstić information content (AvgIpc) is 3.24. The highest BCUT2D eigenvalue weighted by Gasteiger charge is 2.85. The standard InChI is InChI=1S/C25H22O3S/c1-23(2)21-22(29(23,26)27)25(18-13-7-4-8-14-18)20-16-10-9-15-19(20)24(21,28-25)17-11-5-3-6-12-17/h3-16,21-22H,1-2H3. The van der Waals surface area contributed by atoms with E-state index in [1.54, 1.807) is 0 Å². The molecule has 4 unspecified atom stereocenters. The van der Waals surface area contributed by atoms with Crippen LogP contribution in [0.25, 0.3) is 0 Å². The topological polar surface area (TPSA) is 43.4 Å². The molecule has 3 aliphatic rings. The Labute approximate surface area is 171 Å². The minimum atomic E-state index is -3.39. The van der Waals surface area contributed by atoms with E-state index >= 15 is 0 Å². The SMILES string of the molecule is CC1(C)C2C(C3(c4ccccc4)OC2(c2ccccc2)c2ccccc23)S1(=O)=O. The summed E-state index contributed by atoms with van der Waals surface area (Å²) in [5, 5.41) is -0.595. The summed E-state index contributed by atoms with van der Waals surface area (Å²) in [7, 11) is -3.39. The van der Waals surface area contributed by atoms with Gasteiger partial charge in [-0.25, -0.2) is 8.42 Å². The second-order valence-electron chi connectivity index (χ2n) is 8.90. The summed E-state index contributed by atoms with van der Waals surface area (Å²) in [6.07, 6.45) is 0. The molecule has 146 valence electrons. The van der Waals surface area contributed by atoms with Crippen molar-refractivity contribution in [2.45, 2.75) is 35.0 Å². The number of ether oxygens (including phenoxy) is 1. The Balaban J connectivity index is 1.77. The number of hydrogen-bond acceptors (Lipinski definition) is 3. The van der Waals surface area contributed by atoms with E-state index in [0.29, 0.717) is 0 Å². The van der Waals surface area contributed by atoms with Crippen molar-refractivity contribution in [1.29, 1.82) is 0 Å².